The van der Waals surface area contributed by atoms with Gasteiger partial charge in [-0.15, -0.1) is 0 Å². The Balaban J connectivity index is 1.99. The maximum Gasteiger partial charge on any atom is 0.0756 e. The summed E-state index contributed by atoms with van der Waals surface area (Å²) in [6, 6.07) is 0.311. The molecular weight excluding hydrogens is 202 g/mol. The smallest absolute Gasteiger partial charge is 0.0756 e. The lowest BCUT2D eigenvalue weighted by Gasteiger charge is -2.19. The van der Waals surface area contributed by atoms with Crippen molar-refractivity contribution in [3.63, 3.8) is 0 Å². The average Bonchev–Trinajstić information content (AvgIpc) is 2.83. The van der Waals surface area contributed by atoms with E-state index < -0.39 is 0 Å². The third kappa shape index (κ3) is 3.00. The van der Waals surface area contributed by atoms with Gasteiger partial charge in [0.2, 0.25) is 0 Å². The van der Waals surface area contributed by atoms with E-state index in [1.54, 1.807) is 12.4 Å². The van der Waals surface area contributed by atoms with E-state index in [-0.39, 0.29) is 0 Å². The van der Waals surface area contributed by atoms with Crippen LogP contribution in [0.3, 0.4) is 0 Å². The second-order valence-corrected chi connectivity index (χ2v) is 4.21. The highest BCUT2D eigenvalue weighted by Gasteiger charge is 2.22. The minimum absolute atomic E-state index is 0.311. The van der Waals surface area contributed by atoms with Crippen LogP contribution in [0.15, 0.2) is 18.6 Å². The van der Waals surface area contributed by atoms with Gasteiger partial charge in [-0.25, -0.2) is 0 Å². The summed E-state index contributed by atoms with van der Waals surface area (Å²) < 4.78 is 5.41. The van der Waals surface area contributed by atoms with E-state index in [2.05, 4.69) is 22.2 Å². The number of aromatic nitrogens is 2. The molecule has 2 heterocycles. The molecule has 2 unspecified atom stereocenters. The summed E-state index contributed by atoms with van der Waals surface area (Å²) in [5.74, 6) is 0.658. The van der Waals surface area contributed by atoms with Crippen LogP contribution < -0.4 is 5.32 Å². The molecule has 0 saturated carbocycles. The van der Waals surface area contributed by atoms with Gasteiger partial charge in [0.25, 0.3) is 0 Å². The Labute approximate surface area is 96.4 Å². The first-order chi connectivity index (χ1) is 7.90. The molecule has 1 aromatic heterocycles. The second-order valence-electron chi connectivity index (χ2n) is 4.21. The average molecular weight is 221 g/mol. The zero-order valence-corrected chi connectivity index (χ0v) is 9.72. The molecular formula is C12H19N3O. The number of nitrogens with one attached hydrogen (secondary N) is 1. The fourth-order valence-corrected chi connectivity index (χ4v) is 2.15. The summed E-state index contributed by atoms with van der Waals surface area (Å²) in [5, 5.41) is 3.47. The molecule has 1 aliphatic heterocycles. The maximum atomic E-state index is 5.41. The number of nitrogens with zero attached hydrogens (tertiary/aromatic N) is 2. The van der Waals surface area contributed by atoms with Crippen molar-refractivity contribution in [2.45, 2.75) is 25.8 Å². The first-order valence-corrected chi connectivity index (χ1v) is 5.97. The normalized spacial score (nSPS) is 22.2. The summed E-state index contributed by atoms with van der Waals surface area (Å²) in [6.07, 6.45) is 7.58. The van der Waals surface area contributed by atoms with Crippen molar-refractivity contribution in [3.8, 4) is 0 Å². The van der Waals surface area contributed by atoms with Gasteiger partial charge in [-0.05, 0) is 25.3 Å². The fourth-order valence-electron chi connectivity index (χ4n) is 2.15. The molecule has 4 heteroatoms. The molecule has 1 fully saturated rings. The van der Waals surface area contributed by atoms with Crippen LogP contribution in [-0.4, -0.2) is 29.7 Å². The second kappa shape index (κ2) is 5.92. The van der Waals surface area contributed by atoms with Crippen LogP contribution in [0, 0.1) is 5.92 Å². The SMILES string of the molecule is CCNC(CC1CCOC1)c1cnccn1. The molecule has 2 rings (SSSR count). The monoisotopic (exact) mass is 221 g/mol. The van der Waals surface area contributed by atoms with Gasteiger partial charge >= 0.3 is 0 Å². The lowest BCUT2D eigenvalue weighted by Crippen LogP contribution is -2.24. The van der Waals surface area contributed by atoms with Crippen molar-refractivity contribution >= 4 is 0 Å². The summed E-state index contributed by atoms with van der Waals surface area (Å²) in [6.45, 7) is 4.87. The predicted molar refractivity (Wildman–Crippen MR) is 62.0 cm³/mol. The minimum atomic E-state index is 0.311. The van der Waals surface area contributed by atoms with Gasteiger partial charge < -0.3 is 10.1 Å². The van der Waals surface area contributed by atoms with Gasteiger partial charge in [-0.1, -0.05) is 6.92 Å². The standard InChI is InChI=1S/C12H19N3O/c1-2-14-11(7-10-3-6-16-9-10)12-8-13-4-5-15-12/h4-5,8,10-11,14H,2-3,6-7,9H2,1H3. The molecule has 0 amide bonds. The third-order valence-electron chi connectivity index (χ3n) is 2.98. The van der Waals surface area contributed by atoms with Crippen molar-refractivity contribution in [2.75, 3.05) is 19.8 Å². The van der Waals surface area contributed by atoms with Crippen molar-refractivity contribution < 1.29 is 4.74 Å². The van der Waals surface area contributed by atoms with E-state index in [4.69, 9.17) is 4.74 Å². The Morgan fingerprint density at radius 1 is 1.56 bits per heavy atom. The lowest BCUT2D eigenvalue weighted by molar-refractivity contribution is 0.181. The Morgan fingerprint density at radius 2 is 2.50 bits per heavy atom. The van der Waals surface area contributed by atoms with Gasteiger partial charge in [0.05, 0.1) is 11.7 Å². The zero-order valence-electron chi connectivity index (χ0n) is 9.72. The Hall–Kier alpha value is -1.00. The van der Waals surface area contributed by atoms with Crippen molar-refractivity contribution in [1.82, 2.24) is 15.3 Å². The Bertz CT molecular complexity index is 298. The fraction of sp³-hybridized carbons (Fsp3) is 0.667. The molecule has 1 aliphatic rings. The van der Waals surface area contributed by atoms with Gasteiger partial charge in [-0.3, -0.25) is 9.97 Å². The molecule has 16 heavy (non-hydrogen) atoms. The van der Waals surface area contributed by atoms with E-state index in [0.717, 1.165) is 31.9 Å². The summed E-state index contributed by atoms with van der Waals surface area (Å²) in [5.41, 5.74) is 1.04. The quantitative estimate of drug-likeness (QED) is 0.819. The van der Waals surface area contributed by atoms with Crippen molar-refractivity contribution in [3.05, 3.63) is 24.3 Å². The van der Waals surface area contributed by atoms with Crippen molar-refractivity contribution in [1.29, 1.82) is 0 Å². The highest BCUT2D eigenvalue weighted by molar-refractivity contribution is 5.02. The van der Waals surface area contributed by atoms with E-state index in [1.165, 1.54) is 6.42 Å². The van der Waals surface area contributed by atoms with Crippen LogP contribution in [-0.2, 0) is 4.74 Å². The van der Waals surface area contributed by atoms with Gasteiger partial charge in [0, 0.05) is 31.8 Å². The first kappa shape index (κ1) is 11.5. The van der Waals surface area contributed by atoms with Gasteiger partial charge in [0.1, 0.15) is 0 Å². The van der Waals surface area contributed by atoms with Gasteiger partial charge in [0.15, 0.2) is 0 Å². The summed E-state index contributed by atoms with van der Waals surface area (Å²) >= 11 is 0. The summed E-state index contributed by atoms with van der Waals surface area (Å²) in [7, 11) is 0. The maximum absolute atomic E-state index is 5.41. The molecule has 2 atom stereocenters. The Kier molecular flexibility index (Phi) is 4.25. The molecule has 4 nitrogen and oxygen atoms in total. The highest BCUT2D eigenvalue weighted by Crippen LogP contribution is 2.24. The van der Waals surface area contributed by atoms with Crippen LogP contribution in [0.4, 0.5) is 0 Å². The van der Waals surface area contributed by atoms with Crippen LogP contribution in [0.25, 0.3) is 0 Å². The first-order valence-electron chi connectivity index (χ1n) is 5.97. The molecule has 88 valence electrons. The van der Waals surface area contributed by atoms with Crippen LogP contribution >= 0.6 is 0 Å². The predicted octanol–water partition coefficient (Wildman–Crippen LogP) is 1.55. The molecule has 0 aromatic carbocycles. The third-order valence-corrected chi connectivity index (χ3v) is 2.98. The number of hydrogen-bond acceptors (Lipinski definition) is 4. The highest BCUT2D eigenvalue weighted by atomic mass is 16.5. The van der Waals surface area contributed by atoms with Crippen LogP contribution in [0.2, 0.25) is 0 Å². The van der Waals surface area contributed by atoms with E-state index >= 15 is 0 Å². The number of rotatable bonds is 5. The zero-order chi connectivity index (χ0) is 11.2. The Morgan fingerprint density at radius 3 is 3.12 bits per heavy atom. The molecule has 1 aromatic rings. The topological polar surface area (TPSA) is 47.0 Å². The minimum Gasteiger partial charge on any atom is -0.381 e. The molecule has 1 saturated heterocycles. The van der Waals surface area contributed by atoms with E-state index in [1.807, 2.05) is 6.20 Å². The molecule has 0 aliphatic carbocycles. The van der Waals surface area contributed by atoms with Crippen LogP contribution in [0.5, 0.6) is 0 Å². The van der Waals surface area contributed by atoms with Crippen molar-refractivity contribution in [2.24, 2.45) is 5.92 Å². The molecule has 0 radical (unpaired) electrons. The molecule has 1 N–H and O–H groups in total. The largest absolute Gasteiger partial charge is 0.381 e. The number of ether oxygens (including phenoxy) is 1. The van der Waals surface area contributed by atoms with Gasteiger partial charge in [-0.2, -0.15) is 0 Å². The summed E-state index contributed by atoms with van der Waals surface area (Å²) in [4.78, 5) is 8.50. The molecule has 0 spiro atoms. The lowest BCUT2D eigenvalue weighted by atomic mass is 9.97. The number of hydrogen-bond donors (Lipinski definition) is 1. The van der Waals surface area contributed by atoms with E-state index in [9.17, 15) is 0 Å². The van der Waals surface area contributed by atoms with E-state index in [0.29, 0.717) is 12.0 Å². The molecule has 0 bridgehead atoms. The van der Waals surface area contributed by atoms with Crippen LogP contribution in [0.1, 0.15) is 31.5 Å².